The van der Waals surface area contributed by atoms with Gasteiger partial charge < -0.3 is 5.32 Å². The Morgan fingerprint density at radius 2 is 2.18 bits per heavy atom. The molecule has 1 aromatic carbocycles. The number of halogens is 2. The third kappa shape index (κ3) is 2.54. The molecule has 0 aliphatic carbocycles. The second kappa shape index (κ2) is 5.21. The molecule has 5 heteroatoms. The Morgan fingerprint density at radius 1 is 1.41 bits per heavy atom. The van der Waals surface area contributed by atoms with E-state index in [1.807, 2.05) is 43.0 Å². The summed E-state index contributed by atoms with van der Waals surface area (Å²) < 4.78 is 2.77. The molecule has 1 atom stereocenters. The summed E-state index contributed by atoms with van der Waals surface area (Å²) in [5.41, 5.74) is 2.26. The second-order valence-electron chi connectivity index (χ2n) is 3.77. The summed E-state index contributed by atoms with van der Waals surface area (Å²) in [6.45, 7) is 0. The maximum atomic E-state index is 6.00. The molecule has 1 heterocycles. The van der Waals surface area contributed by atoms with Crippen molar-refractivity contribution in [2.24, 2.45) is 7.05 Å². The van der Waals surface area contributed by atoms with E-state index in [0.29, 0.717) is 5.02 Å². The van der Waals surface area contributed by atoms with E-state index in [1.165, 1.54) is 0 Å². The van der Waals surface area contributed by atoms with Crippen LogP contribution in [0.1, 0.15) is 17.3 Å². The fourth-order valence-corrected chi connectivity index (χ4v) is 2.36. The summed E-state index contributed by atoms with van der Waals surface area (Å²) in [4.78, 5) is 0. The van der Waals surface area contributed by atoms with Gasteiger partial charge >= 0.3 is 0 Å². The van der Waals surface area contributed by atoms with Gasteiger partial charge in [-0.3, -0.25) is 4.68 Å². The lowest BCUT2D eigenvalue weighted by Gasteiger charge is -2.17. The van der Waals surface area contributed by atoms with Crippen molar-refractivity contribution >= 4 is 27.5 Å². The Labute approximate surface area is 114 Å². The quantitative estimate of drug-likeness (QED) is 0.943. The van der Waals surface area contributed by atoms with E-state index in [1.54, 1.807) is 6.20 Å². The highest BCUT2D eigenvalue weighted by molar-refractivity contribution is 9.10. The van der Waals surface area contributed by atoms with Crippen LogP contribution in [0.25, 0.3) is 0 Å². The van der Waals surface area contributed by atoms with Crippen molar-refractivity contribution in [3.63, 3.8) is 0 Å². The van der Waals surface area contributed by atoms with Gasteiger partial charge in [-0.05, 0) is 46.7 Å². The number of rotatable bonds is 3. The molecule has 2 aromatic rings. The zero-order valence-electron chi connectivity index (χ0n) is 9.61. The Hall–Kier alpha value is -0.840. The Balaban J connectivity index is 2.42. The lowest BCUT2D eigenvalue weighted by molar-refractivity contribution is 0.606. The minimum atomic E-state index is 0.107. The summed E-state index contributed by atoms with van der Waals surface area (Å²) in [5.74, 6) is 0. The van der Waals surface area contributed by atoms with Crippen LogP contribution in [0.4, 0.5) is 0 Å². The molecule has 0 radical (unpaired) electrons. The summed E-state index contributed by atoms with van der Waals surface area (Å²) in [5, 5.41) is 8.19. The molecule has 0 bridgehead atoms. The Morgan fingerprint density at radius 3 is 2.71 bits per heavy atom. The van der Waals surface area contributed by atoms with Crippen molar-refractivity contribution in [1.29, 1.82) is 0 Å². The summed E-state index contributed by atoms with van der Waals surface area (Å²) >= 11 is 9.44. The van der Waals surface area contributed by atoms with Crippen LogP contribution in [-0.4, -0.2) is 16.8 Å². The topological polar surface area (TPSA) is 29.9 Å². The lowest BCUT2D eigenvalue weighted by atomic mass is 10.0. The van der Waals surface area contributed by atoms with Crippen LogP contribution in [0.5, 0.6) is 0 Å². The molecule has 1 unspecified atom stereocenters. The molecule has 90 valence electrons. The van der Waals surface area contributed by atoms with Crippen molar-refractivity contribution in [3.8, 4) is 0 Å². The summed E-state index contributed by atoms with van der Waals surface area (Å²) in [7, 11) is 3.87. The fourth-order valence-electron chi connectivity index (χ4n) is 1.84. The number of nitrogens with zero attached hydrogens (tertiary/aromatic N) is 2. The van der Waals surface area contributed by atoms with E-state index >= 15 is 0 Å². The van der Waals surface area contributed by atoms with E-state index in [-0.39, 0.29) is 6.04 Å². The van der Waals surface area contributed by atoms with Gasteiger partial charge in [0.2, 0.25) is 0 Å². The molecule has 0 saturated heterocycles. The second-order valence-corrected chi connectivity index (χ2v) is 5.04. The Bertz CT molecular complexity index is 524. The van der Waals surface area contributed by atoms with Crippen LogP contribution in [0.2, 0.25) is 5.02 Å². The van der Waals surface area contributed by atoms with E-state index in [4.69, 9.17) is 11.6 Å². The maximum Gasteiger partial charge on any atom is 0.0746 e. The third-order valence-electron chi connectivity index (χ3n) is 2.72. The molecule has 0 fully saturated rings. The highest BCUT2D eigenvalue weighted by Gasteiger charge is 2.15. The highest BCUT2D eigenvalue weighted by Crippen LogP contribution is 2.28. The number of aryl methyl sites for hydroxylation is 1. The minimum Gasteiger partial charge on any atom is -0.308 e. The first-order valence-electron chi connectivity index (χ1n) is 5.23. The largest absolute Gasteiger partial charge is 0.308 e. The van der Waals surface area contributed by atoms with E-state index in [2.05, 4.69) is 26.3 Å². The molecule has 0 aliphatic heterocycles. The average Bonchev–Trinajstić information content (AvgIpc) is 2.71. The molecular weight excluding hydrogens is 302 g/mol. The first kappa shape index (κ1) is 12.6. The standard InChI is InChI=1S/C12H13BrClN3/c1-15-12(11-5-6-16-17(11)2)8-3-4-10(14)9(13)7-8/h3-7,12,15H,1-2H3. The molecule has 0 amide bonds. The van der Waals surface area contributed by atoms with Gasteiger partial charge in [0.25, 0.3) is 0 Å². The predicted octanol–water partition coefficient (Wildman–Crippen LogP) is 3.14. The molecule has 0 saturated carbocycles. The zero-order valence-corrected chi connectivity index (χ0v) is 12.0. The molecular formula is C12H13BrClN3. The van der Waals surface area contributed by atoms with Crippen LogP contribution in [0, 0.1) is 0 Å². The van der Waals surface area contributed by atoms with Crippen molar-refractivity contribution < 1.29 is 0 Å². The normalized spacial score (nSPS) is 12.7. The third-order valence-corrected chi connectivity index (χ3v) is 3.93. The summed E-state index contributed by atoms with van der Waals surface area (Å²) in [6, 6.07) is 8.04. The Kier molecular flexibility index (Phi) is 3.86. The van der Waals surface area contributed by atoms with Crippen molar-refractivity contribution in [1.82, 2.24) is 15.1 Å². The smallest absolute Gasteiger partial charge is 0.0746 e. The van der Waals surface area contributed by atoms with Crippen molar-refractivity contribution in [3.05, 3.63) is 51.2 Å². The molecule has 2 rings (SSSR count). The first-order valence-corrected chi connectivity index (χ1v) is 6.40. The van der Waals surface area contributed by atoms with Gasteiger partial charge in [0.15, 0.2) is 0 Å². The van der Waals surface area contributed by atoms with Crippen LogP contribution in [0.3, 0.4) is 0 Å². The predicted molar refractivity (Wildman–Crippen MR) is 73.3 cm³/mol. The molecule has 1 N–H and O–H groups in total. The number of benzene rings is 1. The zero-order chi connectivity index (χ0) is 12.4. The average molecular weight is 315 g/mol. The van der Waals surface area contributed by atoms with Gasteiger partial charge in [-0.2, -0.15) is 5.10 Å². The number of hydrogen-bond donors (Lipinski definition) is 1. The lowest BCUT2D eigenvalue weighted by Crippen LogP contribution is -2.20. The molecule has 17 heavy (non-hydrogen) atoms. The highest BCUT2D eigenvalue weighted by atomic mass is 79.9. The maximum absolute atomic E-state index is 6.00. The van der Waals surface area contributed by atoms with E-state index in [9.17, 15) is 0 Å². The number of hydrogen-bond acceptors (Lipinski definition) is 2. The van der Waals surface area contributed by atoms with Crippen LogP contribution >= 0.6 is 27.5 Å². The number of nitrogens with one attached hydrogen (secondary N) is 1. The first-order chi connectivity index (χ1) is 8.13. The van der Waals surface area contributed by atoms with Gasteiger partial charge in [0.05, 0.1) is 16.8 Å². The minimum absolute atomic E-state index is 0.107. The van der Waals surface area contributed by atoms with Crippen LogP contribution < -0.4 is 5.32 Å². The molecule has 0 aliphatic rings. The van der Waals surface area contributed by atoms with Crippen molar-refractivity contribution in [2.75, 3.05) is 7.05 Å². The summed E-state index contributed by atoms with van der Waals surface area (Å²) in [6.07, 6.45) is 1.80. The van der Waals surface area contributed by atoms with Gasteiger partial charge in [-0.25, -0.2) is 0 Å². The number of aromatic nitrogens is 2. The SMILES string of the molecule is CNC(c1ccc(Cl)c(Br)c1)c1ccnn1C. The molecule has 3 nitrogen and oxygen atoms in total. The van der Waals surface area contributed by atoms with Gasteiger partial charge in [-0.1, -0.05) is 17.7 Å². The van der Waals surface area contributed by atoms with Crippen LogP contribution in [-0.2, 0) is 7.05 Å². The van der Waals surface area contributed by atoms with Gasteiger partial charge in [0, 0.05) is 17.7 Å². The van der Waals surface area contributed by atoms with Gasteiger partial charge in [0.1, 0.15) is 0 Å². The van der Waals surface area contributed by atoms with Crippen LogP contribution in [0.15, 0.2) is 34.9 Å². The molecule has 0 spiro atoms. The van der Waals surface area contributed by atoms with E-state index in [0.717, 1.165) is 15.7 Å². The van der Waals surface area contributed by atoms with Gasteiger partial charge in [-0.15, -0.1) is 0 Å². The van der Waals surface area contributed by atoms with E-state index < -0.39 is 0 Å². The van der Waals surface area contributed by atoms with Crippen molar-refractivity contribution in [2.45, 2.75) is 6.04 Å². The fraction of sp³-hybridized carbons (Fsp3) is 0.250. The monoisotopic (exact) mass is 313 g/mol. The molecule has 1 aromatic heterocycles.